The van der Waals surface area contributed by atoms with Crippen molar-refractivity contribution < 1.29 is 0 Å². The molecule has 0 aliphatic rings. The second-order valence-electron chi connectivity index (χ2n) is 3.95. The molecular formula is C12H12N4S. The molecule has 0 spiro atoms. The first-order valence-electron chi connectivity index (χ1n) is 5.34. The lowest BCUT2D eigenvalue weighted by molar-refractivity contribution is 0.847. The predicted octanol–water partition coefficient (Wildman–Crippen LogP) is 2.43. The Kier molecular flexibility index (Phi) is 2.33. The van der Waals surface area contributed by atoms with Gasteiger partial charge in [-0.2, -0.15) is 0 Å². The molecule has 0 amide bonds. The molecule has 0 radical (unpaired) electrons. The lowest BCUT2D eigenvalue weighted by atomic mass is 10.3. The molecule has 0 saturated carbocycles. The number of pyridine rings is 1. The molecule has 3 aromatic heterocycles. The van der Waals surface area contributed by atoms with Crippen LogP contribution in [0.4, 0.5) is 5.95 Å². The van der Waals surface area contributed by atoms with E-state index < -0.39 is 0 Å². The minimum absolute atomic E-state index is 0.542. The van der Waals surface area contributed by atoms with Crippen molar-refractivity contribution in [3.05, 3.63) is 40.3 Å². The van der Waals surface area contributed by atoms with Gasteiger partial charge in [-0.15, -0.1) is 11.3 Å². The van der Waals surface area contributed by atoms with Crippen molar-refractivity contribution >= 4 is 28.3 Å². The maximum atomic E-state index is 5.95. The number of aryl methyl sites for hydroxylation is 1. The Morgan fingerprint density at radius 3 is 3.06 bits per heavy atom. The second kappa shape index (κ2) is 3.85. The zero-order chi connectivity index (χ0) is 11.8. The van der Waals surface area contributed by atoms with Gasteiger partial charge < -0.3 is 10.3 Å². The van der Waals surface area contributed by atoms with Crippen molar-refractivity contribution in [1.29, 1.82) is 0 Å². The lowest BCUT2D eigenvalue weighted by Crippen LogP contribution is -2.04. The number of anilines is 1. The van der Waals surface area contributed by atoms with Crippen LogP contribution in [-0.4, -0.2) is 14.5 Å². The van der Waals surface area contributed by atoms with Crippen LogP contribution in [-0.2, 0) is 6.54 Å². The fraction of sp³-hybridized carbons (Fsp3) is 0.167. The van der Waals surface area contributed by atoms with E-state index in [1.807, 2.05) is 10.6 Å². The summed E-state index contributed by atoms with van der Waals surface area (Å²) < 4.78 is 2.02. The Hall–Kier alpha value is -1.88. The summed E-state index contributed by atoms with van der Waals surface area (Å²) in [6, 6.07) is 4.07. The molecule has 0 atom stereocenters. The maximum Gasteiger partial charge on any atom is 0.201 e. The third-order valence-corrected chi connectivity index (χ3v) is 3.86. The molecule has 0 aliphatic carbocycles. The Morgan fingerprint density at radius 2 is 2.29 bits per heavy atom. The Labute approximate surface area is 103 Å². The lowest BCUT2D eigenvalue weighted by Gasteiger charge is -2.05. The van der Waals surface area contributed by atoms with Gasteiger partial charge in [-0.3, -0.25) is 4.98 Å². The largest absolute Gasteiger partial charge is 0.369 e. The molecule has 3 rings (SSSR count). The van der Waals surface area contributed by atoms with Crippen LogP contribution < -0.4 is 5.73 Å². The van der Waals surface area contributed by atoms with E-state index >= 15 is 0 Å². The van der Waals surface area contributed by atoms with Gasteiger partial charge in [-0.05, 0) is 30.0 Å². The van der Waals surface area contributed by atoms with Crippen molar-refractivity contribution in [2.45, 2.75) is 13.5 Å². The van der Waals surface area contributed by atoms with Gasteiger partial charge >= 0.3 is 0 Å². The Bertz CT molecular complexity index is 668. The van der Waals surface area contributed by atoms with Gasteiger partial charge in [0.25, 0.3) is 0 Å². The average Bonchev–Trinajstić information content (AvgIpc) is 2.85. The molecule has 0 fully saturated rings. The van der Waals surface area contributed by atoms with Crippen LogP contribution in [0.1, 0.15) is 10.4 Å². The summed E-state index contributed by atoms with van der Waals surface area (Å²) in [6.45, 7) is 2.89. The molecule has 2 N–H and O–H groups in total. The number of hydrogen-bond acceptors (Lipinski definition) is 4. The van der Waals surface area contributed by atoms with E-state index in [0.717, 1.165) is 17.6 Å². The Balaban J connectivity index is 2.11. The first-order chi connectivity index (χ1) is 8.25. The minimum atomic E-state index is 0.542. The van der Waals surface area contributed by atoms with E-state index in [2.05, 4.69) is 28.3 Å². The van der Waals surface area contributed by atoms with Gasteiger partial charge in [-0.1, -0.05) is 0 Å². The molecular weight excluding hydrogens is 232 g/mol. The fourth-order valence-corrected chi connectivity index (χ4v) is 2.77. The van der Waals surface area contributed by atoms with Crippen molar-refractivity contribution in [2.24, 2.45) is 0 Å². The van der Waals surface area contributed by atoms with E-state index in [9.17, 15) is 0 Å². The highest BCUT2D eigenvalue weighted by molar-refractivity contribution is 7.10. The van der Waals surface area contributed by atoms with Gasteiger partial charge in [0.2, 0.25) is 5.95 Å². The summed E-state index contributed by atoms with van der Waals surface area (Å²) in [6.07, 6.45) is 3.50. The number of fused-ring (bicyclic) bond motifs is 1. The number of imidazole rings is 1. The minimum Gasteiger partial charge on any atom is -0.369 e. The van der Waals surface area contributed by atoms with E-state index in [4.69, 9.17) is 5.73 Å². The maximum absolute atomic E-state index is 5.95. The van der Waals surface area contributed by atoms with Gasteiger partial charge in [0, 0.05) is 11.1 Å². The van der Waals surface area contributed by atoms with Crippen LogP contribution in [0, 0.1) is 6.92 Å². The summed E-state index contributed by atoms with van der Waals surface area (Å²) >= 11 is 1.75. The molecule has 0 unspecified atom stereocenters. The molecule has 0 aromatic carbocycles. The van der Waals surface area contributed by atoms with Crippen LogP contribution in [0.3, 0.4) is 0 Å². The van der Waals surface area contributed by atoms with Crippen molar-refractivity contribution in [1.82, 2.24) is 14.5 Å². The van der Waals surface area contributed by atoms with E-state index in [1.165, 1.54) is 10.4 Å². The van der Waals surface area contributed by atoms with E-state index in [1.54, 1.807) is 23.7 Å². The molecule has 3 heterocycles. The van der Waals surface area contributed by atoms with Gasteiger partial charge in [0.15, 0.2) is 0 Å². The molecule has 0 saturated heterocycles. The molecule has 86 valence electrons. The highest BCUT2D eigenvalue weighted by Crippen LogP contribution is 2.22. The molecule has 3 aromatic rings. The van der Waals surface area contributed by atoms with Gasteiger partial charge in [0.1, 0.15) is 5.52 Å². The SMILES string of the molecule is Cc1ccsc1Cn1c(N)nc2cnccc21. The standard InChI is InChI=1S/C12H12N4S/c1-8-3-5-17-11(8)7-16-10-2-4-14-6-9(10)15-12(16)13/h2-6H,7H2,1H3,(H2,13,15). The number of hydrogen-bond donors (Lipinski definition) is 1. The number of aromatic nitrogens is 3. The van der Waals surface area contributed by atoms with Crippen molar-refractivity contribution in [2.75, 3.05) is 5.73 Å². The van der Waals surface area contributed by atoms with Gasteiger partial charge in [0.05, 0.1) is 18.3 Å². The highest BCUT2D eigenvalue weighted by atomic mass is 32.1. The van der Waals surface area contributed by atoms with Crippen molar-refractivity contribution in [3.8, 4) is 0 Å². The summed E-state index contributed by atoms with van der Waals surface area (Å²) in [4.78, 5) is 9.67. The number of nitrogen functional groups attached to an aromatic ring is 1. The van der Waals surface area contributed by atoms with E-state index in [-0.39, 0.29) is 0 Å². The number of nitrogens with two attached hydrogens (primary N) is 1. The Morgan fingerprint density at radius 1 is 1.41 bits per heavy atom. The number of rotatable bonds is 2. The third kappa shape index (κ3) is 1.68. The summed E-state index contributed by atoms with van der Waals surface area (Å²) in [5.41, 5.74) is 9.12. The van der Waals surface area contributed by atoms with Crippen LogP contribution in [0.5, 0.6) is 0 Å². The van der Waals surface area contributed by atoms with Crippen LogP contribution in [0.15, 0.2) is 29.9 Å². The summed E-state index contributed by atoms with van der Waals surface area (Å²) in [5.74, 6) is 0.542. The first-order valence-corrected chi connectivity index (χ1v) is 6.22. The monoisotopic (exact) mass is 244 g/mol. The van der Waals surface area contributed by atoms with Crippen LogP contribution in [0.2, 0.25) is 0 Å². The highest BCUT2D eigenvalue weighted by Gasteiger charge is 2.09. The first kappa shape index (κ1) is 10.3. The zero-order valence-corrected chi connectivity index (χ0v) is 10.2. The summed E-state index contributed by atoms with van der Waals surface area (Å²) in [7, 11) is 0. The van der Waals surface area contributed by atoms with Crippen LogP contribution >= 0.6 is 11.3 Å². The normalized spacial score (nSPS) is 11.1. The smallest absolute Gasteiger partial charge is 0.201 e. The zero-order valence-electron chi connectivity index (χ0n) is 9.42. The molecule has 17 heavy (non-hydrogen) atoms. The van der Waals surface area contributed by atoms with Crippen LogP contribution in [0.25, 0.3) is 11.0 Å². The summed E-state index contributed by atoms with van der Waals surface area (Å²) in [5, 5.41) is 2.10. The molecule has 4 nitrogen and oxygen atoms in total. The molecule has 5 heteroatoms. The van der Waals surface area contributed by atoms with Crippen molar-refractivity contribution in [3.63, 3.8) is 0 Å². The second-order valence-corrected chi connectivity index (χ2v) is 4.95. The number of thiophene rings is 1. The third-order valence-electron chi connectivity index (χ3n) is 2.85. The average molecular weight is 244 g/mol. The fourth-order valence-electron chi connectivity index (χ4n) is 1.88. The topological polar surface area (TPSA) is 56.7 Å². The molecule has 0 bridgehead atoms. The van der Waals surface area contributed by atoms with Gasteiger partial charge in [-0.25, -0.2) is 4.98 Å². The molecule has 0 aliphatic heterocycles. The predicted molar refractivity (Wildman–Crippen MR) is 70.1 cm³/mol. The quantitative estimate of drug-likeness (QED) is 0.753. The van der Waals surface area contributed by atoms with E-state index in [0.29, 0.717) is 5.95 Å². The number of nitrogens with zero attached hydrogens (tertiary/aromatic N) is 3.